The summed E-state index contributed by atoms with van der Waals surface area (Å²) in [6, 6.07) is 11.7. The summed E-state index contributed by atoms with van der Waals surface area (Å²) >= 11 is 0. The van der Waals surface area contributed by atoms with Crippen molar-refractivity contribution in [1.29, 1.82) is 0 Å². The molecule has 0 amide bonds. The summed E-state index contributed by atoms with van der Waals surface area (Å²) in [7, 11) is 3.60. The van der Waals surface area contributed by atoms with E-state index in [9.17, 15) is 8.78 Å². The van der Waals surface area contributed by atoms with Gasteiger partial charge in [-0.25, -0.2) is 8.78 Å². The van der Waals surface area contributed by atoms with E-state index in [4.69, 9.17) is 0 Å². The Bertz CT molecular complexity index is 582. The molecule has 0 saturated carbocycles. The Kier molecular flexibility index (Phi) is 4.69. The molecule has 0 aliphatic rings. The van der Waals surface area contributed by atoms with E-state index in [0.29, 0.717) is 24.3 Å². The second-order valence-corrected chi connectivity index (χ2v) is 4.88. The molecule has 20 heavy (non-hydrogen) atoms. The Labute approximate surface area is 118 Å². The van der Waals surface area contributed by atoms with Gasteiger partial charge in [-0.05, 0) is 23.8 Å². The average Bonchev–Trinajstić information content (AvgIpc) is 2.42. The maximum Gasteiger partial charge on any atom is 0.146 e. The van der Waals surface area contributed by atoms with Gasteiger partial charge in [-0.15, -0.1) is 0 Å². The quantitative estimate of drug-likeness (QED) is 0.901. The molecule has 0 fully saturated rings. The Balaban J connectivity index is 1.98. The average molecular weight is 276 g/mol. The zero-order chi connectivity index (χ0) is 14.5. The molecule has 2 aromatic carbocycles. The van der Waals surface area contributed by atoms with Crippen molar-refractivity contribution >= 4 is 5.69 Å². The number of halogens is 2. The van der Waals surface area contributed by atoms with Crippen LogP contribution in [0.5, 0.6) is 0 Å². The Morgan fingerprint density at radius 2 is 1.70 bits per heavy atom. The molecule has 0 aliphatic carbocycles. The van der Waals surface area contributed by atoms with Gasteiger partial charge >= 0.3 is 0 Å². The molecule has 0 aromatic heterocycles. The van der Waals surface area contributed by atoms with Gasteiger partial charge in [0, 0.05) is 32.7 Å². The third-order valence-electron chi connectivity index (χ3n) is 3.09. The fraction of sp³-hybridized carbons (Fsp3) is 0.250. The lowest BCUT2D eigenvalue weighted by atomic mass is 10.1. The van der Waals surface area contributed by atoms with E-state index >= 15 is 0 Å². The van der Waals surface area contributed by atoms with E-state index in [-0.39, 0.29) is 11.6 Å². The number of nitrogens with one attached hydrogen (secondary N) is 1. The Morgan fingerprint density at radius 3 is 2.40 bits per heavy atom. The molecule has 2 rings (SSSR count). The molecule has 2 nitrogen and oxygen atoms in total. The van der Waals surface area contributed by atoms with E-state index < -0.39 is 0 Å². The van der Waals surface area contributed by atoms with E-state index in [1.165, 1.54) is 12.1 Å². The Hall–Kier alpha value is -1.94. The van der Waals surface area contributed by atoms with Gasteiger partial charge in [0.05, 0.1) is 5.69 Å². The zero-order valence-corrected chi connectivity index (χ0v) is 11.7. The summed E-state index contributed by atoms with van der Waals surface area (Å²) in [6.45, 7) is 1.01. The summed E-state index contributed by atoms with van der Waals surface area (Å²) in [5.74, 6) is -0.457. The molecule has 106 valence electrons. The van der Waals surface area contributed by atoms with Crippen LogP contribution in [-0.2, 0) is 13.1 Å². The monoisotopic (exact) mass is 276 g/mol. The first-order valence-electron chi connectivity index (χ1n) is 6.48. The van der Waals surface area contributed by atoms with Crippen molar-refractivity contribution in [2.75, 3.05) is 19.0 Å². The largest absolute Gasteiger partial charge is 0.375 e. The molecular weight excluding hydrogens is 258 g/mol. The molecule has 0 heterocycles. The number of hydrogen-bond donors (Lipinski definition) is 1. The number of benzene rings is 2. The van der Waals surface area contributed by atoms with Gasteiger partial charge in [0.25, 0.3) is 0 Å². The maximum atomic E-state index is 13.5. The lowest BCUT2D eigenvalue weighted by molar-refractivity contribution is 0.587. The molecule has 0 unspecified atom stereocenters. The molecular formula is C16H18F2N2. The van der Waals surface area contributed by atoms with Crippen LogP contribution in [0.25, 0.3) is 0 Å². The molecule has 1 N–H and O–H groups in total. The number of nitrogens with zero attached hydrogens (tertiary/aromatic N) is 1. The van der Waals surface area contributed by atoms with Crippen LogP contribution < -0.4 is 10.2 Å². The lowest BCUT2D eigenvalue weighted by Crippen LogP contribution is -2.15. The van der Waals surface area contributed by atoms with Gasteiger partial charge < -0.3 is 10.2 Å². The highest BCUT2D eigenvalue weighted by molar-refractivity contribution is 5.48. The van der Waals surface area contributed by atoms with Gasteiger partial charge in [0.2, 0.25) is 0 Å². The molecule has 4 heteroatoms. The fourth-order valence-corrected chi connectivity index (χ4v) is 1.99. The van der Waals surface area contributed by atoms with Crippen LogP contribution in [0.2, 0.25) is 0 Å². The minimum absolute atomic E-state index is 0.215. The summed E-state index contributed by atoms with van der Waals surface area (Å²) in [6.07, 6.45) is 0. The van der Waals surface area contributed by atoms with Gasteiger partial charge in [-0.1, -0.05) is 24.3 Å². The van der Waals surface area contributed by atoms with Crippen LogP contribution in [0, 0.1) is 11.6 Å². The standard InChI is InChI=1S/C16H18F2N2/c1-20(2)16-9-12(7-8-15(16)18)10-19-11-13-5-3-4-6-14(13)17/h3-9,19H,10-11H2,1-2H3. The first-order valence-corrected chi connectivity index (χ1v) is 6.48. The molecule has 0 atom stereocenters. The lowest BCUT2D eigenvalue weighted by Gasteiger charge is -2.15. The van der Waals surface area contributed by atoms with Crippen molar-refractivity contribution < 1.29 is 8.78 Å². The van der Waals surface area contributed by atoms with E-state index in [0.717, 1.165) is 5.56 Å². The van der Waals surface area contributed by atoms with Crippen molar-refractivity contribution in [2.24, 2.45) is 0 Å². The smallest absolute Gasteiger partial charge is 0.146 e. The number of hydrogen-bond acceptors (Lipinski definition) is 2. The summed E-state index contributed by atoms with van der Waals surface area (Å²) in [4.78, 5) is 1.73. The number of anilines is 1. The first-order chi connectivity index (χ1) is 9.58. The minimum atomic E-state index is -0.243. The van der Waals surface area contributed by atoms with Gasteiger partial charge in [0.1, 0.15) is 11.6 Å². The van der Waals surface area contributed by atoms with Crippen LogP contribution in [0.1, 0.15) is 11.1 Å². The van der Waals surface area contributed by atoms with Gasteiger partial charge in [-0.2, -0.15) is 0 Å². The SMILES string of the molecule is CN(C)c1cc(CNCc2ccccc2F)ccc1F. The van der Waals surface area contributed by atoms with Crippen molar-refractivity contribution in [3.05, 3.63) is 65.2 Å². The molecule has 0 bridgehead atoms. The summed E-state index contributed by atoms with van der Waals surface area (Å²) in [5.41, 5.74) is 2.14. The van der Waals surface area contributed by atoms with Crippen molar-refractivity contribution in [2.45, 2.75) is 13.1 Å². The van der Waals surface area contributed by atoms with Crippen molar-refractivity contribution in [3.63, 3.8) is 0 Å². The molecule has 0 aliphatic heterocycles. The predicted octanol–water partition coefficient (Wildman–Crippen LogP) is 3.32. The second-order valence-electron chi connectivity index (χ2n) is 4.88. The van der Waals surface area contributed by atoms with Crippen LogP contribution >= 0.6 is 0 Å². The molecule has 0 saturated heterocycles. The summed E-state index contributed by atoms with van der Waals surface area (Å²) < 4.78 is 27.0. The van der Waals surface area contributed by atoms with Crippen molar-refractivity contribution in [1.82, 2.24) is 5.32 Å². The van der Waals surface area contributed by atoms with E-state index in [1.807, 2.05) is 6.07 Å². The maximum absolute atomic E-state index is 13.5. The zero-order valence-electron chi connectivity index (χ0n) is 11.7. The van der Waals surface area contributed by atoms with Gasteiger partial charge in [0.15, 0.2) is 0 Å². The van der Waals surface area contributed by atoms with Crippen LogP contribution in [0.15, 0.2) is 42.5 Å². The second kappa shape index (κ2) is 6.48. The van der Waals surface area contributed by atoms with E-state index in [2.05, 4.69) is 5.32 Å². The van der Waals surface area contributed by atoms with Crippen LogP contribution in [0.4, 0.5) is 14.5 Å². The van der Waals surface area contributed by atoms with Crippen LogP contribution in [-0.4, -0.2) is 14.1 Å². The van der Waals surface area contributed by atoms with Crippen molar-refractivity contribution in [3.8, 4) is 0 Å². The van der Waals surface area contributed by atoms with Gasteiger partial charge in [-0.3, -0.25) is 0 Å². The highest BCUT2D eigenvalue weighted by Gasteiger charge is 2.06. The highest BCUT2D eigenvalue weighted by Crippen LogP contribution is 2.18. The molecule has 0 spiro atoms. The molecule has 0 radical (unpaired) electrons. The predicted molar refractivity (Wildman–Crippen MR) is 77.7 cm³/mol. The third kappa shape index (κ3) is 3.54. The molecule has 2 aromatic rings. The third-order valence-corrected chi connectivity index (χ3v) is 3.09. The first kappa shape index (κ1) is 14.5. The summed E-state index contributed by atoms with van der Waals surface area (Å²) in [5, 5.41) is 3.16. The highest BCUT2D eigenvalue weighted by atomic mass is 19.1. The minimum Gasteiger partial charge on any atom is -0.375 e. The normalized spacial score (nSPS) is 10.6. The fourth-order valence-electron chi connectivity index (χ4n) is 1.99. The van der Waals surface area contributed by atoms with E-state index in [1.54, 1.807) is 43.3 Å². The topological polar surface area (TPSA) is 15.3 Å². The van der Waals surface area contributed by atoms with Crippen LogP contribution in [0.3, 0.4) is 0 Å². The number of rotatable bonds is 5. The Morgan fingerprint density at radius 1 is 0.950 bits per heavy atom.